The SMILES string of the molecule is CN=C(NCC(O)c1ccc(Cl)s1)N1CCc2ccccc2C1. The van der Waals surface area contributed by atoms with Gasteiger partial charge in [-0.2, -0.15) is 0 Å². The van der Waals surface area contributed by atoms with Gasteiger partial charge in [0.15, 0.2) is 5.96 Å². The quantitative estimate of drug-likeness (QED) is 0.661. The van der Waals surface area contributed by atoms with E-state index in [1.807, 2.05) is 6.07 Å². The van der Waals surface area contributed by atoms with Crippen LogP contribution in [0.1, 0.15) is 22.1 Å². The minimum Gasteiger partial charge on any atom is -0.386 e. The van der Waals surface area contributed by atoms with Crippen molar-refractivity contribution in [1.82, 2.24) is 10.2 Å². The van der Waals surface area contributed by atoms with Gasteiger partial charge in [-0.15, -0.1) is 11.3 Å². The van der Waals surface area contributed by atoms with Crippen LogP contribution in [0.2, 0.25) is 4.34 Å². The second kappa shape index (κ2) is 7.34. The van der Waals surface area contributed by atoms with Gasteiger partial charge in [-0.1, -0.05) is 35.9 Å². The van der Waals surface area contributed by atoms with E-state index < -0.39 is 6.10 Å². The molecule has 0 radical (unpaired) electrons. The van der Waals surface area contributed by atoms with Crippen molar-refractivity contribution >= 4 is 28.9 Å². The van der Waals surface area contributed by atoms with Crippen molar-refractivity contribution in [2.24, 2.45) is 4.99 Å². The predicted octanol–water partition coefficient (Wildman–Crippen LogP) is 3.07. The highest BCUT2D eigenvalue weighted by Gasteiger charge is 2.19. The molecule has 3 rings (SSSR count). The van der Waals surface area contributed by atoms with Crippen LogP contribution in [0, 0.1) is 0 Å². The molecular weight excluding hydrogens is 330 g/mol. The highest BCUT2D eigenvalue weighted by molar-refractivity contribution is 7.16. The molecule has 1 aromatic heterocycles. The number of guanidine groups is 1. The first-order chi connectivity index (χ1) is 11.2. The zero-order valence-electron chi connectivity index (χ0n) is 13.0. The summed E-state index contributed by atoms with van der Waals surface area (Å²) in [5.74, 6) is 0.821. The van der Waals surface area contributed by atoms with Gasteiger partial charge in [0, 0.05) is 31.6 Å². The third-order valence-electron chi connectivity index (χ3n) is 4.02. The van der Waals surface area contributed by atoms with Gasteiger partial charge < -0.3 is 15.3 Å². The van der Waals surface area contributed by atoms with Crippen LogP contribution in [-0.4, -0.2) is 36.1 Å². The summed E-state index contributed by atoms with van der Waals surface area (Å²) >= 11 is 7.32. The molecule has 0 aliphatic carbocycles. The standard InChI is InChI=1S/C17H20ClN3OS/c1-19-17(20-10-14(22)15-6-7-16(18)23-15)21-9-8-12-4-2-3-5-13(12)11-21/h2-7,14,22H,8-11H2,1H3,(H,19,20). The summed E-state index contributed by atoms with van der Waals surface area (Å²) in [6.45, 7) is 2.19. The fourth-order valence-electron chi connectivity index (χ4n) is 2.80. The number of nitrogens with one attached hydrogen (secondary N) is 1. The predicted molar refractivity (Wildman–Crippen MR) is 96.2 cm³/mol. The molecule has 6 heteroatoms. The molecule has 1 aliphatic rings. The lowest BCUT2D eigenvalue weighted by Gasteiger charge is -2.32. The van der Waals surface area contributed by atoms with Gasteiger partial charge in [-0.05, 0) is 29.7 Å². The molecular formula is C17H20ClN3OS. The van der Waals surface area contributed by atoms with Crippen LogP contribution < -0.4 is 5.32 Å². The number of thiophene rings is 1. The molecule has 23 heavy (non-hydrogen) atoms. The van der Waals surface area contributed by atoms with E-state index in [4.69, 9.17) is 11.6 Å². The average Bonchev–Trinajstić information content (AvgIpc) is 3.01. The summed E-state index contributed by atoms with van der Waals surface area (Å²) in [6, 6.07) is 12.2. The lowest BCUT2D eigenvalue weighted by atomic mass is 10.0. The molecule has 2 N–H and O–H groups in total. The molecule has 4 nitrogen and oxygen atoms in total. The molecule has 1 unspecified atom stereocenters. The van der Waals surface area contributed by atoms with Crippen molar-refractivity contribution in [2.45, 2.75) is 19.1 Å². The molecule has 0 bridgehead atoms. The summed E-state index contributed by atoms with van der Waals surface area (Å²) in [4.78, 5) is 7.43. The first kappa shape index (κ1) is 16.3. The van der Waals surface area contributed by atoms with Crippen molar-refractivity contribution in [3.63, 3.8) is 0 Å². The Labute approximate surface area is 145 Å². The van der Waals surface area contributed by atoms with Gasteiger partial charge in [0.2, 0.25) is 0 Å². The van der Waals surface area contributed by atoms with E-state index in [0.717, 1.165) is 30.3 Å². The highest BCUT2D eigenvalue weighted by Crippen LogP contribution is 2.26. The second-order valence-electron chi connectivity index (χ2n) is 5.53. The largest absolute Gasteiger partial charge is 0.386 e. The van der Waals surface area contributed by atoms with Gasteiger partial charge in [0.1, 0.15) is 6.10 Å². The third kappa shape index (κ3) is 3.86. The van der Waals surface area contributed by atoms with Crippen LogP contribution >= 0.6 is 22.9 Å². The van der Waals surface area contributed by atoms with Crippen molar-refractivity contribution in [3.05, 3.63) is 56.7 Å². The van der Waals surface area contributed by atoms with E-state index in [1.54, 1.807) is 13.1 Å². The first-order valence-corrected chi connectivity index (χ1v) is 8.82. The second-order valence-corrected chi connectivity index (χ2v) is 7.27. The summed E-state index contributed by atoms with van der Waals surface area (Å²) in [5.41, 5.74) is 2.75. The highest BCUT2D eigenvalue weighted by atomic mass is 35.5. The van der Waals surface area contributed by atoms with Gasteiger partial charge in [-0.3, -0.25) is 4.99 Å². The number of aliphatic hydroxyl groups is 1. The van der Waals surface area contributed by atoms with Crippen molar-refractivity contribution < 1.29 is 5.11 Å². The van der Waals surface area contributed by atoms with E-state index >= 15 is 0 Å². The number of aliphatic imine (C=N–C) groups is 1. The number of halogens is 1. The summed E-state index contributed by atoms with van der Waals surface area (Å²) < 4.78 is 0.691. The molecule has 2 heterocycles. The van der Waals surface area contributed by atoms with E-state index in [2.05, 4.69) is 39.5 Å². The summed E-state index contributed by atoms with van der Waals surface area (Å²) in [7, 11) is 1.78. The number of hydrogen-bond acceptors (Lipinski definition) is 3. The first-order valence-electron chi connectivity index (χ1n) is 7.63. The Bertz CT molecular complexity index is 701. The molecule has 2 aromatic rings. The van der Waals surface area contributed by atoms with Crippen LogP contribution in [0.3, 0.4) is 0 Å². The number of nitrogens with zero attached hydrogens (tertiary/aromatic N) is 2. The van der Waals surface area contributed by atoms with Crippen LogP contribution in [0.25, 0.3) is 0 Å². The monoisotopic (exact) mass is 349 g/mol. The van der Waals surface area contributed by atoms with Crippen molar-refractivity contribution in [1.29, 1.82) is 0 Å². The Balaban J connectivity index is 1.61. The molecule has 0 amide bonds. The average molecular weight is 350 g/mol. The topological polar surface area (TPSA) is 47.9 Å². The number of benzene rings is 1. The Hall–Kier alpha value is -1.56. The summed E-state index contributed by atoms with van der Waals surface area (Å²) in [5, 5.41) is 13.5. The van der Waals surface area contributed by atoms with E-state index in [9.17, 15) is 5.11 Å². The third-order valence-corrected chi connectivity index (χ3v) is 5.35. The molecule has 1 aromatic carbocycles. The zero-order chi connectivity index (χ0) is 16.2. The molecule has 1 atom stereocenters. The fraction of sp³-hybridized carbons (Fsp3) is 0.353. The van der Waals surface area contributed by atoms with Crippen LogP contribution in [0.15, 0.2) is 41.4 Å². The number of rotatable bonds is 3. The van der Waals surface area contributed by atoms with Crippen LogP contribution in [-0.2, 0) is 13.0 Å². The normalized spacial score (nSPS) is 16.1. The maximum atomic E-state index is 10.3. The fourth-order valence-corrected chi connectivity index (χ4v) is 3.85. The van der Waals surface area contributed by atoms with Crippen LogP contribution in [0.5, 0.6) is 0 Å². The van der Waals surface area contributed by atoms with E-state index in [1.165, 1.54) is 22.5 Å². The van der Waals surface area contributed by atoms with E-state index in [0.29, 0.717) is 10.9 Å². The smallest absolute Gasteiger partial charge is 0.194 e. The molecule has 0 fully saturated rings. The van der Waals surface area contributed by atoms with Gasteiger partial charge in [-0.25, -0.2) is 0 Å². The lowest BCUT2D eigenvalue weighted by molar-refractivity contribution is 0.183. The molecule has 0 saturated heterocycles. The van der Waals surface area contributed by atoms with Gasteiger partial charge >= 0.3 is 0 Å². The number of fused-ring (bicyclic) bond motifs is 1. The Morgan fingerprint density at radius 2 is 2.13 bits per heavy atom. The Kier molecular flexibility index (Phi) is 5.20. The van der Waals surface area contributed by atoms with Crippen LogP contribution in [0.4, 0.5) is 0 Å². The minimum atomic E-state index is -0.582. The number of hydrogen-bond donors (Lipinski definition) is 2. The molecule has 122 valence electrons. The molecule has 0 saturated carbocycles. The zero-order valence-corrected chi connectivity index (χ0v) is 14.6. The van der Waals surface area contributed by atoms with E-state index in [-0.39, 0.29) is 0 Å². The maximum absolute atomic E-state index is 10.3. The minimum absolute atomic E-state index is 0.418. The van der Waals surface area contributed by atoms with Crippen molar-refractivity contribution in [3.8, 4) is 0 Å². The lowest BCUT2D eigenvalue weighted by Crippen LogP contribution is -2.45. The summed E-state index contributed by atoms with van der Waals surface area (Å²) in [6.07, 6.45) is 0.432. The molecule has 1 aliphatic heterocycles. The Morgan fingerprint density at radius 3 is 2.83 bits per heavy atom. The maximum Gasteiger partial charge on any atom is 0.194 e. The van der Waals surface area contributed by atoms with Gasteiger partial charge in [0.25, 0.3) is 0 Å². The van der Waals surface area contributed by atoms with Crippen molar-refractivity contribution in [2.75, 3.05) is 20.1 Å². The Morgan fingerprint density at radius 1 is 1.35 bits per heavy atom. The van der Waals surface area contributed by atoms with Gasteiger partial charge in [0.05, 0.1) is 4.34 Å². The number of aliphatic hydroxyl groups excluding tert-OH is 1. The molecule has 0 spiro atoms.